The molecule has 1 N–H and O–H groups in total. The van der Waals surface area contributed by atoms with E-state index in [0.717, 1.165) is 32.9 Å². The van der Waals surface area contributed by atoms with Crippen LogP contribution in [0.3, 0.4) is 0 Å². The van der Waals surface area contributed by atoms with Gasteiger partial charge in [-0.15, -0.1) is 11.3 Å². The van der Waals surface area contributed by atoms with Crippen molar-refractivity contribution < 1.29 is 27.5 Å². The number of carbonyl (C=O) groups excluding carboxylic acids is 2. The third kappa shape index (κ3) is 7.36. The van der Waals surface area contributed by atoms with Crippen LogP contribution in [0.1, 0.15) is 74.3 Å². The summed E-state index contributed by atoms with van der Waals surface area (Å²) in [5.74, 6) is -0.337. The van der Waals surface area contributed by atoms with Crippen LogP contribution in [-0.4, -0.2) is 43.0 Å². The van der Waals surface area contributed by atoms with E-state index in [4.69, 9.17) is 9.47 Å². The van der Waals surface area contributed by atoms with Gasteiger partial charge in [-0.05, 0) is 64.8 Å². The van der Waals surface area contributed by atoms with Crippen LogP contribution in [0.4, 0.5) is 10.6 Å². The largest absolute Gasteiger partial charge is 0.443 e. The number of benzene rings is 1. The van der Waals surface area contributed by atoms with Gasteiger partial charge in [0.05, 0.1) is 0 Å². The molecule has 0 bridgehead atoms. The molecule has 0 spiro atoms. The maximum absolute atomic E-state index is 13.3. The lowest BCUT2D eigenvalue weighted by Gasteiger charge is -2.23. The first kappa shape index (κ1) is 31.0. The molecule has 2 heterocycles. The lowest BCUT2D eigenvalue weighted by atomic mass is 9.91. The molecule has 0 aliphatic heterocycles. The normalized spacial score (nSPS) is 12.2. The lowest BCUT2D eigenvalue weighted by Crippen LogP contribution is -2.34. The summed E-state index contributed by atoms with van der Waals surface area (Å²) in [4.78, 5) is 35.4. The molecule has 0 aliphatic rings. The van der Waals surface area contributed by atoms with Gasteiger partial charge >= 0.3 is 6.09 Å². The monoisotopic (exact) mass is 588 g/mol. The molecular formula is C28H36N4O6S2. The number of amides is 2. The van der Waals surface area contributed by atoms with E-state index in [1.54, 1.807) is 26.8 Å². The summed E-state index contributed by atoms with van der Waals surface area (Å²) in [7, 11) is -2.97. The number of nitrogens with one attached hydrogen (secondary N) is 1. The van der Waals surface area contributed by atoms with Crippen molar-refractivity contribution in [1.29, 1.82) is 0 Å². The number of anilines is 1. The third-order valence-electron chi connectivity index (χ3n) is 5.62. The van der Waals surface area contributed by atoms with Gasteiger partial charge in [0.1, 0.15) is 22.7 Å². The highest BCUT2D eigenvalue weighted by Gasteiger charge is 2.29. The molecule has 2 amide bonds. The zero-order valence-corrected chi connectivity index (χ0v) is 26.1. The van der Waals surface area contributed by atoms with Crippen LogP contribution in [0, 0.1) is 20.8 Å². The van der Waals surface area contributed by atoms with Gasteiger partial charge in [0.15, 0.2) is 0 Å². The minimum Gasteiger partial charge on any atom is -0.443 e. The van der Waals surface area contributed by atoms with Crippen LogP contribution < -0.4 is 14.4 Å². The SMILES string of the molecule is Cc1cc(C)c(Oc2nc(C(C)(C)C)ccc2C(=O)NS(=O)(=O)c2nc(N(C)C(=O)OC(C)(C)C)cs2)c(C)c1. The second kappa shape index (κ2) is 11.2. The predicted molar refractivity (Wildman–Crippen MR) is 155 cm³/mol. The first-order valence-electron chi connectivity index (χ1n) is 12.5. The second-order valence-corrected chi connectivity index (χ2v) is 14.3. The minimum atomic E-state index is -4.39. The van der Waals surface area contributed by atoms with E-state index in [1.165, 1.54) is 18.5 Å². The van der Waals surface area contributed by atoms with Crippen molar-refractivity contribution in [1.82, 2.24) is 14.7 Å². The Kier molecular flexibility index (Phi) is 8.66. The zero-order valence-electron chi connectivity index (χ0n) is 24.5. The predicted octanol–water partition coefficient (Wildman–Crippen LogP) is 6.04. The van der Waals surface area contributed by atoms with E-state index in [2.05, 4.69) is 14.7 Å². The molecule has 1 aromatic carbocycles. The van der Waals surface area contributed by atoms with Gasteiger partial charge in [-0.25, -0.2) is 19.5 Å². The molecule has 0 atom stereocenters. The Bertz CT molecular complexity index is 1530. The van der Waals surface area contributed by atoms with Gasteiger partial charge in [-0.2, -0.15) is 8.42 Å². The lowest BCUT2D eigenvalue weighted by molar-refractivity contribution is 0.0588. The number of ether oxygens (including phenoxy) is 2. The minimum absolute atomic E-state index is 0.0142. The fourth-order valence-electron chi connectivity index (χ4n) is 3.70. The van der Waals surface area contributed by atoms with Gasteiger partial charge < -0.3 is 9.47 Å². The zero-order chi connectivity index (χ0) is 30.2. The van der Waals surface area contributed by atoms with Crippen LogP contribution in [0.15, 0.2) is 34.0 Å². The maximum Gasteiger partial charge on any atom is 0.415 e. The summed E-state index contributed by atoms with van der Waals surface area (Å²) in [6.45, 7) is 16.8. The fourth-order valence-corrected chi connectivity index (χ4v) is 5.70. The van der Waals surface area contributed by atoms with Crippen LogP contribution >= 0.6 is 11.3 Å². The van der Waals surface area contributed by atoms with Crippen molar-refractivity contribution >= 4 is 39.2 Å². The van der Waals surface area contributed by atoms with Gasteiger partial charge in [-0.3, -0.25) is 9.69 Å². The Balaban J connectivity index is 1.93. The van der Waals surface area contributed by atoms with Crippen molar-refractivity contribution in [3.05, 3.63) is 57.6 Å². The second-order valence-electron chi connectivity index (χ2n) is 11.6. The fraction of sp³-hybridized carbons (Fsp3) is 0.429. The van der Waals surface area contributed by atoms with E-state index < -0.39 is 32.0 Å². The molecule has 216 valence electrons. The third-order valence-corrected chi connectivity index (χ3v) is 8.19. The summed E-state index contributed by atoms with van der Waals surface area (Å²) < 4.78 is 39.4. The number of sulfonamides is 1. The van der Waals surface area contributed by atoms with Crippen molar-refractivity contribution in [3.8, 4) is 11.6 Å². The van der Waals surface area contributed by atoms with Crippen molar-refractivity contribution in [2.75, 3.05) is 11.9 Å². The number of pyridine rings is 1. The number of aromatic nitrogens is 2. The van der Waals surface area contributed by atoms with Crippen molar-refractivity contribution in [3.63, 3.8) is 0 Å². The van der Waals surface area contributed by atoms with E-state index in [0.29, 0.717) is 11.4 Å². The van der Waals surface area contributed by atoms with E-state index >= 15 is 0 Å². The topological polar surface area (TPSA) is 128 Å². The van der Waals surface area contributed by atoms with Crippen LogP contribution in [0.25, 0.3) is 0 Å². The number of hydrogen-bond donors (Lipinski definition) is 1. The highest BCUT2D eigenvalue weighted by atomic mass is 32.2. The first-order valence-corrected chi connectivity index (χ1v) is 14.9. The molecule has 0 unspecified atom stereocenters. The van der Waals surface area contributed by atoms with Crippen molar-refractivity contribution in [2.24, 2.45) is 0 Å². The van der Waals surface area contributed by atoms with E-state index in [9.17, 15) is 18.0 Å². The number of aryl methyl sites for hydroxylation is 3. The van der Waals surface area contributed by atoms with Crippen molar-refractivity contribution in [2.45, 2.75) is 77.7 Å². The average Bonchev–Trinajstić information content (AvgIpc) is 3.30. The number of hydrogen-bond acceptors (Lipinski definition) is 9. The standard InChI is InChI=1S/C28H36N4O6S2/c1-16-13-17(2)22(18(3)14-16)37-24-19(11-12-20(29-24)27(4,5)6)23(33)31-40(35,36)25-30-21(15-39-25)32(10)26(34)38-28(7,8)9/h11-15H,1-10H3,(H,31,33). The summed E-state index contributed by atoms with van der Waals surface area (Å²) in [6, 6.07) is 7.07. The van der Waals surface area contributed by atoms with Crippen LogP contribution in [0.5, 0.6) is 11.6 Å². The van der Waals surface area contributed by atoms with Gasteiger partial charge in [-0.1, -0.05) is 38.5 Å². The van der Waals surface area contributed by atoms with Gasteiger partial charge in [0.25, 0.3) is 15.9 Å². The number of thiazole rings is 1. The Labute approximate surface area is 239 Å². The molecule has 0 radical (unpaired) electrons. The Morgan fingerprint density at radius 2 is 1.57 bits per heavy atom. The van der Waals surface area contributed by atoms with Crippen LogP contribution in [-0.2, 0) is 20.2 Å². The molecule has 3 aromatic rings. The first-order chi connectivity index (χ1) is 18.3. The highest BCUT2D eigenvalue weighted by Crippen LogP contribution is 2.33. The molecule has 40 heavy (non-hydrogen) atoms. The Hall–Kier alpha value is -3.51. The summed E-state index contributed by atoms with van der Waals surface area (Å²) in [6.07, 6.45) is -0.695. The maximum atomic E-state index is 13.3. The Morgan fingerprint density at radius 1 is 0.975 bits per heavy atom. The summed E-state index contributed by atoms with van der Waals surface area (Å²) in [5, 5.41) is 1.39. The molecule has 2 aromatic heterocycles. The molecule has 0 fully saturated rings. The van der Waals surface area contributed by atoms with E-state index in [-0.39, 0.29) is 22.7 Å². The Morgan fingerprint density at radius 3 is 2.12 bits per heavy atom. The quantitative estimate of drug-likeness (QED) is 0.369. The van der Waals surface area contributed by atoms with Gasteiger partial charge in [0.2, 0.25) is 10.2 Å². The summed E-state index contributed by atoms with van der Waals surface area (Å²) >= 11 is 0.765. The van der Waals surface area contributed by atoms with Crippen LogP contribution in [0.2, 0.25) is 0 Å². The average molecular weight is 589 g/mol. The molecule has 0 saturated carbocycles. The molecule has 10 nitrogen and oxygen atoms in total. The molecule has 0 aliphatic carbocycles. The molecule has 12 heteroatoms. The highest BCUT2D eigenvalue weighted by molar-refractivity contribution is 7.92. The number of carbonyl (C=O) groups is 2. The number of rotatable bonds is 6. The summed E-state index contributed by atoms with van der Waals surface area (Å²) in [5.41, 5.74) is 2.28. The van der Waals surface area contributed by atoms with E-state index in [1.807, 2.05) is 53.7 Å². The number of nitrogens with zero attached hydrogens (tertiary/aromatic N) is 3. The van der Waals surface area contributed by atoms with Gasteiger partial charge in [0, 0.05) is 23.5 Å². The molecular weight excluding hydrogens is 552 g/mol. The molecule has 0 saturated heterocycles. The molecule has 3 rings (SSSR count). The smallest absolute Gasteiger partial charge is 0.415 e.